The van der Waals surface area contributed by atoms with E-state index in [0.717, 1.165) is 18.2 Å². The van der Waals surface area contributed by atoms with Gasteiger partial charge in [0.1, 0.15) is 5.75 Å². The van der Waals surface area contributed by atoms with E-state index < -0.39 is 5.82 Å². The van der Waals surface area contributed by atoms with Gasteiger partial charge < -0.3 is 16.2 Å². The number of benzene rings is 1. The number of nitrogens with two attached hydrogens (primary N) is 1. The number of halogens is 1. The topological polar surface area (TPSA) is 84.1 Å². The van der Waals surface area contributed by atoms with Gasteiger partial charge in [-0.3, -0.25) is 0 Å². The average Bonchev–Trinajstić information content (AvgIpc) is 2.48. The maximum absolute atomic E-state index is 13.7. The summed E-state index contributed by atoms with van der Waals surface area (Å²) in [5.41, 5.74) is 7.22. The Morgan fingerprint density at radius 2 is 2.19 bits per heavy atom. The molecule has 0 saturated heterocycles. The molecule has 2 rings (SSSR count). The molecule has 21 heavy (non-hydrogen) atoms. The Bertz CT molecular complexity index is 633. The number of hydrogen-bond donors (Lipinski definition) is 3. The zero-order chi connectivity index (χ0) is 15.4. The molecule has 0 saturated carbocycles. The second-order valence-electron chi connectivity index (χ2n) is 4.96. The molecule has 0 amide bonds. The van der Waals surface area contributed by atoms with Crippen LogP contribution in [0.5, 0.6) is 5.75 Å². The second-order valence-corrected chi connectivity index (χ2v) is 4.96. The van der Waals surface area contributed by atoms with Crippen molar-refractivity contribution in [2.75, 3.05) is 11.9 Å². The lowest BCUT2D eigenvalue weighted by molar-refractivity contribution is 0.476. The monoisotopic (exact) mass is 290 g/mol. The van der Waals surface area contributed by atoms with Crippen molar-refractivity contribution in [2.45, 2.75) is 26.3 Å². The number of nitrogens with one attached hydrogen (secondary N) is 1. The predicted octanol–water partition coefficient (Wildman–Crippen LogP) is 2.45. The Balaban J connectivity index is 2.31. The Morgan fingerprint density at radius 1 is 1.43 bits per heavy atom. The average molecular weight is 290 g/mol. The lowest BCUT2D eigenvalue weighted by atomic mass is 10.1. The molecule has 112 valence electrons. The highest BCUT2D eigenvalue weighted by molar-refractivity contribution is 5.65. The number of anilines is 1. The first-order valence-electron chi connectivity index (χ1n) is 6.83. The van der Waals surface area contributed by atoms with Gasteiger partial charge in [-0.05, 0) is 25.5 Å². The zero-order valence-electron chi connectivity index (χ0n) is 12.1. The quantitative estimate of drug-likeness (QED) is 0.787. The summed E-state index contributed by atoms with van der Waals surface area (Å²) >= 11 is 0. The van der Waals surface area contributed by atoms with Gasteiger partial charge in [-0.2, -0.15) is 0 Å². The van der Waals surface area contributed by atoms with Crippen LogP contribution < -0.4 is 11.1 Å². The number of phenols is 1. The molecule has 0 aliphatic rings. The van der Waals surface area contributed by atoms with E-state index >= 15 is 0 Å². The van der Waals surface area contributed by atoms with Gasteiger partial charge in [-0.25, -0.2) is 14.4 Å². The highest BCUT2D eigenvalue weighted by atomic mass is 19.1. The van der Waals surface area contributed by atoms with Crippen molar-refractivity contribution in [3.8, 4) is 17.1 Å². The van der Waals surface area contributed by atoms with Crippen LogP contribution in [0.15, 0.2) is 24.4 Å². The van der Waals surface area contributed by atoms with Gasteiger partial charge in [0.05, 0.1) is 11.8 Å². The van der Waals surface area contributed by atoms with E-state index in [2.05, 4.69) is 15.3 Å². The van der Waals surface area contributed by atoms with Crippen molar-refractivity contribution in [2.24, 2.45) is 5.73 Å². The van der Waals surface area contributed by atoms with Gasteiger partial charge in [0.2, 0.25) is 0 Å². The van der Waals surface area contributed by atoms with Crippen molar-refractivity contribution in [3.05, 3.63) is 35.8 Å². The van der Waals surface area contributed by atoms with Crippen LogP contribution in [-0.4, -0.2) is 27.7 Å². The van der Waals surface area contributed by atoms with Crippen LogP contribution in [-0.2, 0) is 0 Å². The van der Waals surface area contributed by atoms with Crippen LogP contribution >= 0.6 is 0 Å². The first-order chi connectivity index (χ1) is 10.0. The number of hydrogen-bond acceptors (Lipinski definition) is 5. The second kappa shape index (κ2) is 6.49. The molecule has 0 spiro atoms. The number of aromatic nitrogens is 2. The molecule has 0 aliphatic heterocycles. The van der Waals surface area contributed by atoms with Crippen LogP contribution in [0.2, 0.25) is 0 Å². The maximum Gasteiger partial charge on any atom is 0.183 e. The third-order valence-electron chi connectivity index (χ3n) is 3.19. The summed E-state index contributed by atoms with van der Waals surface area (Å²) in [6.07, 6.45) is 1.87. The van der Waals surface area contributed by atoms with Crippen molar-refractivity contribution in [1.82, 2.24) is 9.97 Å². The minimum Gasteiger partial charge on any atom is -0.507 e. The van der Waals surface area contributed by atoms with E-state index in [4.69, 9.17) is 5.73 Å². The number of rotatable bonds is 5. The van der Waals surface area contributed by atoms with Crippen LogP contribution in [0.1, 0.15) is 18.9 Å². The Labute approximate surface area is 123 Å². The molecule has 0 bridgehead atoms. The Morgan fingerprint density at radius 3 is 2.90 bits per heavy atom. The zero-order valence-corrected chi connectivity index (χ0v) is 12.1. The minimum absolute atomic E-state index is 0.0587. The summed E-state index contributed by atoms with van der Waals surface area (Å²) in [4.78, 5) is 8.08. The van der Waals surface area contributed by atoms with E-state index in [-0.39, 0.29) is 23.4 Å². The molecular weight excluding hydrogens is 271 g/mol. The number of phenolic OH excluding ortho intramolecular Hbond substituents is 1. The normalized spacial score (nSPS) is 12.2. The standard InChI is InChI=1S/C15H19FN4O/c1-3-10(17)7-18-15-12(16)8-19-14(20-15)11-6-9(2)4-5-13(11)21/h4-6,8,10,21H,3,7,17H2,1-2H3,(H,18,19,20)/t10-/m1/s1. The first-order valence-corrected chi connectivity index (χ1v) is 6.83. The van der Waals surface area contributed by atoms with E-state index in [1.807, 2.05) is 13.8 Å². The van der Waals surface area contributed by atoms with Gasteiger partial charge in [-0.1, -0.05) is 18.6 Å². The predicted molar refractivity (Wildman–Crippen MR) is 80.6 cm³/mol. The van der Waals surface area contributed by atoms with Gasteiger partial charge in [0.25, 0.3) is 0 Å². The van der Waals surface area contributed by atoms with Crippen LogP contribution in [0.3, 0.4) is 0 Å². The molecule has 4 N–H and O–H groups in total. The Hall–Kier alpha value is -2.21. The molecule has 1 atom stereocenters. The van der Waals surface area contributed by atoms with E-state index in [1.165, 1.54) is 0 Å². The highest BCUT2D eigenvalue weighted by Gasteiger charge is 2.12. The van der Waals surface area contributed by atoms with Crippen molar-refractivity contribution in [3.63, 3.8) is 0 Å². The number of aryl methyl sites for hydroxylation is 1. The van der Waals surface area contributed by atoms with Gasteiger partial charge >= 0.3 is 0 Å². The third-order valence-corrected chi connectivity index (χ3v) is 3.19. The molecule has 5 nitrogen and oxygen atoms in total. The van der Waals surface area contributed by atoms with Gasteiger partial charge in [0.15, 0.2) is 17.5 Å². The van der Waals surface area contributed by atoms with Crippen LogP contribution in [0, 0.1) is 12.7 Å². The molecule has 6 heteroatoms. The van der Waals surface area contributed by atoms with Crippen LogP contribution in [0.25, 0.3) is 11.4 Å². The van der Waals surface area contributed by atoms with Gasteiger partial charge in [-0.15, -0.1) is 0 Å². The smallest absolute Gasteiger partial charge is 0.183 e. The highest BCUT2D eigenvalue weighted by Crippen LogP contribution is 2.28. The summed E-state index contributed by atoms with van der Waals surface area (Å²) in [6, 6.07) is 5.03. The molecule has 1 aromatic heterocycles. The summed E-state index contributed by atoms with van der Waals surface area (Å²) in [7, 11) is 0. The molecule has 2 aromatic rings. The lowest BCUT2D eigenvalue weighted by Gasteiger charge is -2.12. The van der Waals surface area contributed by atoms with Gasteiger partial charge in [0, 0.05) is 12.6 Å². The molecule has 0 aliphatic carbocycles. The molecule has 1 heterocycles. The number of aromatic hydroxyl groups is 1. The SMILES string of the molecule is CC[C@@H](N)CNc1nc(-c2cc(C)ccc2O)ncc1F. The fourth-order valence-electron chi connectivity index (χ4n) is 1.82. The minimum atomic E-state index is -0.547. The summed E-state index contributed by atoms with van der Waals surface area (Å²) in [6.45, 7) is 4.27. The summed E-state index contributed by atoms with van der Waals surface area (Å²) in [5, 5.41) is 12.8. The third kappa shape index (κ3) is 3.66. The molecule has 1 aromatic carbocycles. The van der Waals surface area contributed by atoms with E-state index in [1.54, 1.807) is 18.2 Å². The summed E-state index contributed by atoms with van der Waals surface area (Å²) in [5.74, 6) is -0.132. The van der Waals surface area contributed by atoms with E-state index in [0.29, 0.717) is 12.1 Å². The molecule has 0 fully saturated rings. The maximum atomic E-state index is 13.7. The molecule has 0 unspecified atom stereocenters. The molecular formula is C15H19FN4O. The Kier molecular flexibility index (Phi) is 4.70. The van der Waals surface area contributed by atoms with Crippen molar-refractivity contribution >= 4 is 5.82 Å². The van der Waals surface area contributed by atoms with Crippen molar-refractivity contribution < 1.29 is 9.50 Å². The summed E-state index contributed by atoms with van der Waals surface area (Å²) < 4.78 is 13.7. The van der Waals surface area contributed by atoms with E-state index in [9.17, 15) is 9.50 Å². The number of nitrogens with zero attached hydrogens (tertiary/aromatic N) is 2. The largest absolute Gasteiger partial charge is 0.507 e. The lowest BCUT2D eigenvalue weighted by Crippen LogP contribution is -2.28. The first kappa shape index (κ1) is 15.2. The van der Waals surface area contributed by atoms with Crippen molar-refractivity contribution in [1.29, 1.82) is 0 Å². The molecule has 0 radical (unpaired) electrons. The fraction of sp³-hybridized carbons (Fsp3) is 0.333. The van der Waals surface area contributed by atoms with Crippen LogP contribution in [0.4, 0.5) is 10.2 Å². The fourth-order valence-corrected chi connectivity index (χ4v) is 1.82.